The summed E-state index contributed by atoms with van der Waals surface area (Å²) in [5.41, 5.74) is 1.14. The van der Waals surface area contributed by atoms with Crippen LogP contribution in [-0.2, 0) is 25.6 Å². The molecule has 0 aromatic heterocycles. The Labute approximate surface area is 132 Å². The highest BCUT2D eigenvalue weighted by Crippen LogP contribution is 2.39. The van der Waals surface area contributed by atoms with Crippen LogP contribution in [0.2, 0.25) is 0 Å². The van der Waals surface area contributed by atoms with Crippen LogP contribution in [0, 0.1) is 0 Å². The van der Waals surface area contributed by atoms with E-state index < -0.39 is 5.79 Å². The minimum absolute atomic E-state index is 0.130. The number of ether oxygens (including phenoxy) is 4. The van der Waals surface area contributed by atoms with Crippen molar-refractivity contribution < 1.29 is 18.9 Å². The number of hydrogen-bond donors (Lipinski definition) is 0. The van der Waals surface area contributed by atoms with E-state index >= 15 is 0 Å². The molecule has 22 heavy (non-hydrogen) atoms. The maximum absolute atomic E-state index is 6.12. The molecule has 2 aliphatic heterocycles. The summed E-state index contributed by atoms with van der Waals surface area (Å²) in [4.78, 5) is 0. The van der Waals surface area contributed by atoms with Crippen molar-refractivity contribution in [3.8, 4) is 0 Å². The molecule has 0 saturated carbocycles. The van der Waals surface area contributed by atoms with Crippen LogP contribution >= 0.6 is 0 Å². The zero-order valence-corrected chi connectivity index (χ0v) is 13.4. The minimum atomic E-state index is -0.622. The van der Waals surface area contributed by atoms with E-state index in [1.54, 1.807) is 0 Å². The fourth-order valence-electron chi connectivity index (χ4n) is 2.89. The van der Waals surface area contributed by atoms with Gasteiger partial charge in [-0.1, -0.05) is 49.4 Å². The molecule has 4 atom stereocenters. The molecular weight excluding hydrogens is 280 g/mol. The molecule has 2 aliphatic rings. The third-order valence-corrected chi connectivity index (χ3v) is 3.87. The molecule has 120 valence electrons. The first-order chi connectivity index (χ1) is 10.6. The molecule has 1 aromatic carbocycles. The Morgan fingerprint density at radius 1 is 1.18 bits per heavy atom. The second-order valence-electron chi connectivity index (χ2n) is 6.17. The quantitative estimate of drug-likeness (QED) is 0.781. The molecular formula is C18H24O4. The van der Waals surface area contributed by atoms with Crippen molar-refractivity contribution in [2.24, 2.45) is 0 Å². The number of benzene rings is 1. The molecule has 0 radical (unpaired) electrons. The van der Waals surface area contributed by atoms with Gasteiger partial charge in [-0.05, 0) is 25.8 Å². The fourth-order valence-corrected chi connectivity index (χ4v) is 2.89. The lowest BCUT2D eigenvalue weighted by Crippen LogP contribution is -2.36. The van der Waals surface area contributed by atoms with Crippen LogP contribution in [0.5, 0.6) is 0 Å². The Balaban J connectivity index is 1.70. The molecule has 0 aliphatic carbocycles. The predicted molar refractivity (Wildman–Crippen MR) is 83.1 cm³/mol. The lowest BCUT2D eigenvalue weighted by molar-refractivity contribution is -0.213. The zero-order valence-electron chi connectivity index (χ0n) is 13.4. The number of hydrogen-bond acceptors (Lipinski definition) is 4. The molecule has 1 aromatic rings. The lowest BCUT2D eigenvalue weighted by atomic mass is 10.1. The van der Waals surface area contributed by atoms with E-state index in [9.17, 15) is 0 Å². The Bertz CT molecular complexity index is 511. The van der Waals surface area contributed by atoms with Crippen LogP contribution in [0.4, 0.5) is 0 Å². The largest absolute Gasteiger partial charge is 0.368 e. The van der Waals surface area contributed by atoms with Crippen molar-refractivity contribution in [1.82, 2.24) is 0 Å². The summed E-state index contributed by atoms with van der Waals surface area (Å²) >= 11 is 0. The Morgan fingerprint density at radius 3 is 2.68 bits per heavy atom. The average molecular weight is 304 g/mol. The first-order valence-electron chi connectivity index (χ1n) is 7.92. The average Bonchev–Trinajstić information content (AvgIpc) is 2.95. The Kier molecular flexibility index (Phi) is 4.64. The summed E-state index contributed by atoms with van der Waals surface area (Å²) in [6.07, 6.45) is 4.27. The van der Waals surface area contributed by atoms with Crippen LogP contribution in [0.1, 0.15) is 32.8 Å². The third kappa shape index (κ3) is 3.41. The monoisotopic (exact) mass is 304 g/mol. The van der Waals surface area contributed by atoms with E-state index in [-0.39, 0.29) is 24.6 Å². The van der Waals surface area contributed by atoms with Crippen molar-refractivity contribution in [2.75, 3.05) is 0 Å². The topological polar surface area (TPSA) is 36.9 Å². The third-order valence-electron chi connectivity index (χ3n) is 3.87. The molecule has 0 bridgehead atoms. The SMILES string of the molecule is CCC=C[C@H]1O[C@@H]2OC(C)(C)O[C@@H]2[C@H]1OCc1ccccc1. The highest BCUT2D eigenvalue weighted by atomic mass is 16.8. The summed E-state index contributed by atoms with van der Waals surface area (Å²) in [7, 11) is 0. The van der Waals surface area contributed by atoms with Gasteiger partial charge in [0.05, 0.1) is 6.61 Å². The molecule has 4 nitrogen and oxygen atoms in total. The van der Waals surface area contributed by atoms with E-state index in [2.05, 4.69) is 25.1 Å². The van der Waals surface area contributed by atoms with Crippen LogP contribution in [0.25, 0.3) is 0 Å². The lowest BCUT2D eigenvalue weighted by Gasteiger charge is -2.24. The highest BCUT2D eigenvalue weighted by molar-refractivity contribution is 5.14. The summed E-state index contributed by atoms with van der Waals surface area (Å²) < 4.78 is 23.9. The summed E-state index contributed by atoms with van der Waals surface area (Å²) in [5.74, 6) is -0.622. The molecule has 2 saturated heterocycles. The molecule has 3 rings (SSSR count). The highest BCUT2D eigenvalue weighted by Gasteiger charge is 2.54. The Hall–Kier alpha value is -1.20. The van der Waals surface area contributed by atoms with Gasteiger partial charge in [-0.3, -0.25) is 0 Å². The predicted octanol–water partition coefficient (Wildman–Crippen LogP) is 3.41. The summed E-state index contributed by atoms with van der Waals surface area (Å²) in [5, 5.41) is 0. The van der Waals surface area contributed by atoms with Crippen molar-refractivity contribution in [3.63, 3.8) is 0 Å². The zero-order chi connectivity index (χ0) is 15.6. The second-order valence-corrected chi connectivity index (χ2v) is 6.17. The van der Waals surface area contributed by atoms with Gasteiger partial charge in [-0.25, -0.2) is 0 Å². The van der Waals surface area contributed by atoms with Crippen molar-refractivity contribution >= 4 is 0 Å². The molecule has 4 heteroatoms. The maximum Gasteiger partial charge on any atom is 0.190 e. The summed E-state index contributed by atoms with van der Waals surface area (Å²) in [6.45, 7) is 6.44. The van der Waals surface area contributed by atoms with Crippen LogP contribution < -0.4 is 0 Å². The maximum atomic E-state index is 6.12. The van der Waals surface area contributed by atoms with Gasteiger partial charge in [0.1, 0.15) is 18.3 Å². The van der Waals surface area contributed by atoms with Gasteiger partial charge >= 0.3 is 0 Å². The van der Waals surface area contributed by atoms with Gasteiger partial charge in [0.2, 0.25) is 0 Å². The minimum Gasteiger partial charge on any atom is -0.368 e. The van der Waals surface area contributed by atoms with Gasteiger partial charge in [0.15, 0.2) is 12.1 Å². The van der Waals surface area contributed by atoms with E-state index in [0.29, 0.717) is 6.61 Å². The number of rotatable bonds is 5. The molecule has 0 spiro atoms. The Morgan fingerprint density at radius 2 is 1.95 bits per heavy atom. The molecule has 0 unspecified atom stereocenters. The standard InChI is InChI=1S/C18H24O4/c1-4-5-11-14-15(19-12-13-9-7-6-8-10-13)16-17(20-14)22-18(2,3)21-16/h5-11,14-17H,4,12H2,1-3H3/t14-,15+,16-,17-/m1/s1. The van der Waals surface area contributed by atoms with Gasteiger partial charge < -0.3 is 18.9 Å². The van der Waals surface area contributed by atoms with E-state index in [0.717, 1.165) is 12.0 Å². The van der Waals surface area contributed by atoms with Gasteiger partial charge in [0, 0.05) is 0 Å². The van der Waals surface area contributed by atoms with Gasteiger partial charge in [-0.15, -0.1) is 0 Å². The summed E-state index contributed by atoms with van der Waals surface area (Å²) in [6, 6.07) is 10.1. The van der Waals surface area contributed by atoms with E-state index in [1.807, 2.05) is 38.1 Å². The van der Waals surface area contributed by atoms with E-state index in [1.165, 1.54) is 0 Å². The smallest absolute Gasteiger partial charge is 0.190 e. The van der Waals surface area contributed by atoms with Crippen molar-refractivity contribution in [3.05, 3.63) is 48.0 Å². The molecule has 2 fully saturated rings. The fraction of sp³-hybridized carbons (Fsp3) is 0.556. The molecule has 0 amide bonds. The first kappa shape index (κ1) is 15.7. The van der Waals surface area contributed by atoms with Crippen LogP contribution in [-0.4, -0.2) is 30.4 Å². The van der Waals surface area contributed by atoms with Crippen LogP contribution in [0.15, 0.2) is 42.5 Å². The van der Waals surface area contributed by atoms with Gasteiger partial charge in [0.25, 0.3) is 0 Å². The first-order valence-corrected chi connectivity index (χ1v) is 7.92. The second kappa shape index (κ2) is 6.50. The molecule has 2 heterocycles. The number of fused-ring (bicyclic) bond motifs is 1. The molecule has 0 N–H and O–H groups in total. The van der Waals surface area contributed by atoms with Crippen molar-refractivity contribution in [2.45, 2.75) is 64.2 Å². The van der Waals surface area contributed by atoms with Crippen LogP contribution in [0.3, 0.4) is 0 Å². The van der Waals surface area contributed by atoms with Crippen molar-refractivity contribution in [1.29, 1.82) is 0 Å². The van der Waals surface area contributed by atoms with Gasteiger partial charge in [-0.2, -0.15) is 0 Å². The number of allylic oxidation sites excluding steroid dienone is 1. The normalized spacial score (nSPS) is 33.4. The van der Waals surface area contributed by atoms with E-state index in [4.69, 9.17) is 18.9 Å².